The number of benzene rings is 1. The largest absolute Gasteiger partial charge is 0.396 e. The van der Waals surface area contributed by atoms with Crippen LogP contribution in [0, 0.1) is 0 Å². The molecule has 0 bridgehead atoms. The van der Waals surface area contributed by atoms with Gasteiger partial charge in [0.2, 0.25) is 5.91 Å². The number of para-hydroxylation sites is 1. The number of amides is 1. The van der Waals surface area contributed by atoms with Crippen molar-refractivity contribution in [2.24, 2.45) is 5.73 Å². The minimum Gasteiger partial charge on any atom is -0.396 e. The Balaban J connectivity index is 3.02. The first-order chi connectivity index (χ1) is 8.21. The van der Waals surface area contributed by atoms with Crippen LogP contribution in [0.5, 0.6) is 0 Å². The fourth-order valence-corrected chi connectivity index (χ4v) is 2.45. The molecule has 1 amide bonds. The molecule has 0 saturated heterocycles. The molecule has 0 radical (unpaired) electrons. The fourth-order valence-electron chi connectivity index (χ4n) is 1.61. The number of hydrogen-bond donors (Lipinski definition) is 3. The lowest BCUT2D eigenvalue weighted by Gasteiger charge is -2.16. The van der Waals surface area contributed by atoms with Crippen molar-refractivity contribution in [2.45, 2.75) is 24.3 Å². The Morgan fingerprint density at radius 1 is 1.44 bits per heavy atom. The molecule has 1 atom stereocenters. The summed E-state index contributed by atoms with van der Waals surface area (Å²) in [5, 5.41) is 2.96. The van der Waals surface area contributed by atoms with Gasteiger partial charge in [0.25, 0.3) is 0 Å². The summed E-state index contributed by atoms with van der Waals surface area (Å²) in [6.45, 7) is 1.76. The fraction of sp³-hybridized carbons (Fsp3) is 0.364. The molecule has 1 unspecified atom stereocenters. The van der Waals surface area contributed by atoms with Gasteiger partial charge in [-0.1, -0.05) is 6.07 Å². The Morgan fingerprint density at radius 2 is 2.06 bits per heavy atom. The Kier molecular flexibility index (Phi) is 4.18. The summed E-state index contributed by atoms with van der Waals surface area (Å²) in [7, 11) is -3.37. The number of carbonyl (C=O) groups excluding carboxylic acids is 1. The second kappa shape index (κ2) is 5.26. The van der Waals surface area contributed by atoms with Crippen molar-refractivity contribution in [3.05, 3.63) is 18.2 Å². The molecular formula is C11H17N3O3S. The van der Waals surface area contributed by atoms with Crippen molar-refractivity contribution < 1.29 is 13.2 Å². The van der Waals surface area contributed by atoms with Crippen molar-refractivity contribution in [3.63, 3.8) is 0 Å². The van der Waals surface area contributed by atoms with Crippen LogP contribution in [-0.2, 0) is 14.6 Å². The average Bonchev–Trinajstić information content (AvgIpc) is 2.18. The van der Waals surface area contributed by atoms with Crippen LogP contribution in [0.2, 0.25) is 0 Å². The van der Waals surface area contributed by atoms with E-state index in [1.807, 2.05) is 0 Å². The molecule has 0 spiro atoms. The molecule has 5 N–H and O–H groups in total. The SMILES string of the molecule is CC(CC(N)=O)Nc1cccc(S(C)(=O)=O)c1N. The highest BCUT2D eigenvalue weighted by atomic mass is 32.2. The Hall–Kier alpha value is -1.76. The van der Waals surface area contributed by atoms with Gasteiger partial charge in [-0.2, -0.15) is 0 Å². The maximum absolute atomic E-state index is 11.5. The van der Waals surface area contributed by atoms with Crippen LogP contribution in [0.4, 0.5) is 11.4 Å². The molecule has 0 aliphatic rings. The summed E-state index contributed by atoms with van der Waals surface area (Å²) in [6.07, 6.45) is 1.23. The molecule has 1 aromatic carbocycles. The van der Waals surface area contributed by atoms with Gasteiger partial charge in [0.05, 0.1) is 16.3 Å². The number of nitrogen functional groups attached to an aromatic ring is 1. The maximum Gasteiger partial charge on any atom is 0.219 e. The van der Waals surface area contributed by atoms with Crippen LogP contribution in [0.3, 0.4) is 0 Å². The third-order valence-electron chi connectivity index (χ3n) is 2.37. The van der Waals surface area contributed by atoms with Crippen molar-refractivity contribution in [1.29, 1.82) is 0 Å². The summed E-state index contributed by atoms with van der Waals surface area (Å²) in [6, 6.07) is 4.46. The monoisotopic (exact) mass is 271 g/mol. The lowest BCUT2D eigenvalue weighted by atomic mass is 10.2. The molecule has 1 rings (SSSR count). The Labute approximate surface area is 106 Å². The molecule has 0 heterocycles. The zero-order valence-corrected chi connectivity index (χ0v) is 11.1. The van der Waals surface area contributed by atoms with E-state index in [-0.39, 0.29) is 23.0 Å². The van der Waals surface area contributed by atoms with E-state index in [4.69, 9.17) is 11.5 Å². The summed E-state index contributed by atoms with van der Waals surface area (Å²) >= 11 is 0. The number of sulfone groups is 1. The zero-order valence-electron chi connectivity index (χ0n) is 10.3. The van der Waals surface area contributed by atoms with Gasteiger partial charge < -0.3 is 16.8 Å². The predicted molar refractivity (Wildman–Crippen MR) is 70.9 cm³/mol. The second-order valence-corrected chi connectivity index (χ2v) is 6.19. The highest BCUT2D eigenvalue weighted by Crippen LogP contribution is 2.27. The van der Waals surface area contributed by atoms with Crippen LogP contribution in [0.1, 0.15) is 13.3 Å². The molecule has 0 fully saturated rings. The van der Waals surface area contributed by atoms with Gasteiger partial charge in [-0.25, -0.2) is 8.42 Å². The van der Waals surface area contributed by atoms with Gasteiger partial charge in [-0.05, 0) is 19.1 Å². The van der Waals surface area contributed by atoms with Gasteiger partial charge in [0.15, 0.2) is 9.84 Å². The number of hydrogen-bond acceptors (Lipinski definition) is 5. The molecular weight excluding hydrogens is 254 g/mol. The van der Waals surface area contributed by atoms with E-state index in [9.17, 15) is 13.2 Å². The lowest BCUT2D eigenvalue weighted by Crippen LogP contribution is -2.24. The first kappa shape index (κ1) is 14.3. The highest BCUT2D eigenvalue weighted by molar-refractivity contribution is 7.90. The molecule has 100 valence electrons. The van der Waals surface area contributed by atoms with Crippen molar-refractivity contribution >= 4 is 27.1 Å². The Bertz CT molecular complexity index is 555. The number of nitrogens with one attached hydrogen (secondary N) is 1. The summed E-state index contributed by atoms with van der Waals surface area (Å²) in [5.41, 5.74) is 11.5. The van der Waals surface area contributed by atoms with Crippen molar-refractivity contribution in [3.8, 4) is 0 Å². The van der Waals surface area contributed by atoms with E-state index in [0.29, 0.717) is 5.69 Å². The first-order valence-corrected chi connectivity index (χ1v) is 7.24. The molecule has 0 aliphatic carbocycles. The summed E-state index contributed by atoms with van der Waals surface area (Å²) < 4.78 is 23.0. The Morgan fingerprint density at radius 3 is 2.56 bits per heavy atom. The van der Waals surface area contributed by atoms with Gasteiger partial charge in [-0.3, -0.25) is 4.79 Å². The van der Waals surface area contributed by atoms with Crippen LogP contribution < -0.4 is 16.8 Å². The number of rotatable bonds is 5. The topological polar surface area (TPSA) is 115 Å². The highest BCUT2D eigenvalue weighted by Gasteiger charge is 2.15. The smallest absolute Gasteiger partial charge is 0.219 e. The number of primary amides is 1. The molecule has 0 aliphatic heterocycles. The molecule has 1 aromatic rings. The lowest BCUT2D eigenvalue weighted by molar-refractivity contribution is -0.118. The molecule has 0 aromatic heterocycles. The number of anilines is 2. The van der Waals surface area contributed by atoms with Gasteiger partial charge in [0.1, 0.15) is 0 Å². The average molecular weight is 271 g/mol. The third-order valence-corrected chi connectivity index (χ3v) is 3.53. The summed E-state index contributed by atoms with van der Waals surface area (Å²) in [5.74, 6) is -0.437. The zero-order chi connectivity index (χ0) is 13.9. The van der Waals surface area contributed by atoms with Gasteiger partial charge in [0, 0.05) is 18.7 Å². The third kappa shape index (κ3) is 3.63. The van der Waals surface area contributed by atoms with E-state index < -0.39 is 15.7 Å². The second-order valence-electron chi connectivity index (χ2n) is 4.21. The number of carbonyl (C=O) groups is 1. The molecule has 0 saturated carbocycles. The molecule has 6 nitrogen and oxygen atoms in total. The van der Waals surface area contributed by atoms with Crippen LogP contribution in [-0.4, -0.2) is 26.6 Å². The number of nitrogens with two attached hydrogens (primary N) is 2. The van der Waals surface area contributed by atoms with Crippen molar-refractivity contribution in [1.82, 2.24) is 0 Å². The van der Waals surface area contributed by atoms with Gasteiger partial charge in [-0.15, -0.1) is 0 Å². The van der Waals surface area contributed by atoms with Crippen LogP contribution >= 0.6 is 0 Å². The molecule has 7 heteroatoms. The van der Waals surface area contributed by atoms with Crippen LogP contribution in [0.25, 0.3) is 0 Å². The van der Waals surface area contributed by atoms with E-state index in [1.165, 1.54) is 6.07 Å². The van der Waals surface area contributed by atoms with Gasteiger partial charge >= 0.3 is 0 Å². The van der Waals surface area contributed by atoms with E-state index >= 15 is 0 Å². The standard InChI is InChI=1S/C11H17N3O3S/c1-7(6-10(12)15)14-8-4-3-5-9(11(8)13)18(2,16)17/h3-5,7,14H,6,13H2,1-2H3,(H2,12,15). The quantitative estimate of drug-likeness (QED) is 0.668. The van der Waals surface area contributed by atoms with E-state index in [0.717, 1.165) is 6.26 Å². The van der Waals surface area contributed by atoms with Crippen LogP contribution in [0.15, 0.2) is 23.1 Å². The normalized spacial score (nSPS) is 13.0. The van der Waals surface area contributed by atoms with E-state index in [2.05, 4.69) is 5.32 Å². The predicted octanol–water partition coefficient (Wildman–Crippen LogP) is 0.348. The maximum atomic E-state index is 11.5. The minimum atomic E-state index is -3.37. The van der Waals surface area contributed by atoms with Crippen molar-refractivity contribution in [2.75, 3.05) is 17.3 Å². The van der Waals surface area contributed by atoms with E-state index in [1.54, 1.807) is 19.1 Å². The summed E-state index contributed by atoms with van der Waals surface area (Å²) in [4.78, 5) is 10.8. The first-order valence-electron chi connectivity index (χ1n) is 5.35. The molecule has 18 heavy (non-hydrogen) atoms. The minimum absolute atomic E-state index is 0.0683.